The Kier molecular flexibility index (Phi) is 5.15. The molecule has 1 heterocycles. The van der Waals surface area contributed by atoms with Gasteiger partial charge in [-0.05, 0) is 37.1 Å². The van der Waals surface area contributed by atoms with Crippen molar-refractivity contribution in [2.75, 3.05) is 0 Å². The Morgan fingerprint density at radius 2 is 1.73 bits per heavy atom. The topological polar surface area (TPSA) is 95.9 Å². The van der Waals surface area contributed by atoms with Gasteiger partial charge in [-0.25, -0.2) is 0 Å². The molecule has 6 heteroatoms. The van der Waals surface area contributed by atoms with E-state index in [1.54, 1.807) is 42.5 Å². The molecule has 0 radical (unpaired) electrons. The van der Waals surface area contributed by atoms with Crippen molar-refractivity contribution in [3.8, 4) is 17.9 Å². The molecular weight excluding hydrogens is 378 g/mol. The van der Waals surface area contributed by atoms with Gasteiger partial charge in [0, 0.05) is 23.4 Å². The van der Waals surface area contributed by atoms with E-state index < -0.39 is 0 Å². The largest absolute Gasteiger partial charge is 0.488 e. The number of aromatic nitrogens is 1. The molecule has 2 aromatic carbocycles. The number of hydrogen-bond donors (Lipinski definition) is 0. The van der Waals surface area contributed by atoms with Gasteiger partial charge in [-0.15, -0.1) is 0 Å². The fourth-order valence-corrected chi connectivity index (χ4v) is 3.28. The molecule has 4 rings (SSSR count). The highest BCUT2D eigenvalue weighted by Gasteiger charge is 2.27. The zero-order chi connectivity index (χ0) is 21.1. The minimum Gasteiger partial charge on any atom is -0.488 e. The maximum atomic E-state index is 13.2. The lowest BCUT2D eigenvalue weighted by Gasteiger charge is -2.13. The lowest BCUT2D eigenvalue weighted by molar-refractivity contribution is 0.103. The van der Waals surface area contributed by atoms with Crippen LogP contribution in [0.1, 0.15) is 51.5 Å². The smallest absolute Gasteiger partial charge is 0.268 e. The number of ether oxygens (including phenoxy) is 1. The Morgan fingerprint density at radius 3 is 2.47 bits per heavy atom. The number of pyridine rings is 1. The van der Waals surface area contributed by atoms with Crippen LogP contribution in [0, 0.1) is 22.7 Å². The Hall–Kier alpha value is -4.16. The summed E-state index contributed by atoms with van der Waals surface area (Å²) < 4.78 is 7.36. The second-order valence-electron chi connectivity index (χ2n) is 7.08. The van der Waals surface area contributed by atoms with Crippen LogP contribution < -0.4 is 10.3 Å². The normalized spacial score (nSPS) is 12.6. The number of hydrogen-bond acceptors (Lipinski definition) is 5. The van der Waals surface area contributed by atoms with E-state index in [1.807, 2.05) is 12.1 Å². The van der Waals surface area contributed by atoms with Gasteiger partial charge in [0.05, 0.1) is 17.2 Å². The molecule has 6 nitrogen and oxygen atoms in total. The van der Waals surface area contributed by atoms with Crippen LogP contribution >= 0.6 is 0 Å². The molecule has 1 aromatic heterocycles. The van der Waals surface area contributed by atoms with E-state index in [-0.39, 0.29) is 35.1 Å². The number of nitriles is 2. The number of benzene rings is 2. The standard InChI is InChI=1S/C24H17N3O3/c25-12-16-5-1-2-6-17(16)15-30-22-8-4-3-7-21(22)23(28)19-11-18(13-26)24(29)27(14-19)20-9-10-20/h1-8,11,14,20H,9-10,15H2. The van der Waals surface area contributed by atoms with Gasteiger partial charge in [-0.1, -0.05) is 30.3 Å². The zero-order valence-corrected chi connectivity index (χ0v) is 16.0. The summed E-state index contributed by atoms with van der Waals surface area (Å²) in [4.78, 5) is 25.6. The summed E-state index contributed by atoms with van der Waals surface area (Å²) in [6.07, 6.45) is 3.26. The molecule has 0 bridgehead atoms. The third-order valence-electron chi connectivity index (χ3n) is 5.02. The van der Waals surface area contributed by atoms with Gasteiger partial charge in [0.15, 0.2) is 5.78 Å². The Bertz CT molecular complexity index is 1270. The molecule has 146 valence electrons. The van der Waals surface area contributed by atoms with Gasteiger partial charge < -0.3 is 9.30 Å². The summed E-state index contributed by atoms with van der Waals surface area (Å²) in [6.45, 7) is 0.138. The highest BCUT2D eigenvalue weighted by molar-refractivity contribution is 6.10. The molecule has 0 spiro atoms. The van der Waals surface area contributed by atoms with E-state index in [9.17, 15) is 20.1 Å². The lowest BCUT2D eigenvalue weighted by atomic mass is 10.0. The zero-order valence-electron chi connectivity index (χ0n) is 16.0. The monoisotopic (exact) mass is 395 g/mol. The highest BCUT2D eigenvalue weighted by Crippen LogP contribution is 2.34. The van der Waals surface area contributed by atoms with Crippen LogP contribution in [0.4, 0.5) is 0 Å². The van der Waals surface area contributed by atoms with Crippen LogP contribution in [0.3, 0.4) is 0 Å². The predicted molar refractivity (Wildman–Crippen MR) is 109 cm³/mol. The van der Waals surface area contributed by atoms with Crippen LogP contribution in [-0.4, -0.2) is 10.4 Å². The van der Waals surface area contributed by atoms with Crippen molar-refractivity contribution in [3.63, 3.8) is 0 Å². The molecule has 0 atom stereocenters. The molecule has 1 aliphatic rings. The SMILES string of the molecule is N#Cc1ccccc1COc1ccccc1C(=O)c1cc(C#N)c(=O)n(C2CC2)c1. The summed E-state index contributed by atoms with van der Waals surface area (Å²) in [7, 11) is 0. The van der Waals surface area contributed by atoms with E-state index in [0.29, 0.717) is 16.9 Å². The van der Waals surface area contributed by atoms with E-state index in [2.05, 4.69) is 6.07 Å². The lowest BCUT2D eigenvalue weighted by Crippen LogP contribution is -2.23. The van der Waals surface area contributed by atoms with Crippen LogP contribution in [0.15, 0.2) is 65.6 Å². The molecular formula is C24H17N3O3. The van der Waals surface area contributed by atoms with E-state index >= 15 is 0 Å². The molecule has 30 heavy (non-hydrogen) atoms. The first-order valence-corrected chi connectivity index (χ1v) is 9.53. The molecule has 0 N–H and O–H groups in total. The fraction of sp³-hybridized carbons (Fsp3) is 0.167. The molecule has 3 aromatic rings. The maximum absolute atomic E-state index is 13.2. The van der Waals surface area contributed by atoms with E-state index in [1.165, 1.54) is 16.8 Å². The van der Waals surface area contributed by atoms with E-state index in [4.69, 9.17) is 4.74 Å². The molecule has 0 aliphatic heterocycles. The summed E-state index contributed by atoms with van der Waals surface area (Å²) in [5.74, 6) is 0.0444. The van der Waals surface area contributed by atoms with Crippen molar-refractivity contribution >= 4 is 5.78 Å². The summed E-state index contributed by atoms with van der Waals surface area (Å²) in [5.41, 5.74) is 1.42. The molecule has 0 unspecified atom stereocenters. The Balaban J connectivity index is 1.66. The second kappa shape index (κ2) is 8.06. The maximum Gasteiger partial charge on any atom is 0.268 e. The Morgan fingerprint density at radius 1 is 1.03 bits per heavy atom. The van der Waals surface area contributed by atoms with E-state index in [0.717, 1.165) is 18.4 Å². The number of para-hydroxylation sites is 1. The third-order valence-corrected chi connectivity index (χ3v) is 5.02. The van der Waals surface area contributed by atoms with Gasteiger partial charge in [0.1, 0.15) is 24.0 Å². The van der Waals surface area contributed by atoms with Crippen molar-refractivity contribution in [1.29, 1.82) is 10.5 Å². The van der Waals surface area contributed by atoms with Gasteiger partial charge in [0.25, 0.3) is 5.56 Å². The minimum absolute atomic E-state index is 0.0471. The van der Waals surface area contributed by atoms with Crippen LogP contribution in [0.2, 0.25) is 0 Å². The van der Waals surface area contributed by atoms with Crippen LogP contribution in [0.5, 0.6) is 5.75 Å². The summed E-state index contributed by atoms with van der Waals surface area (Å²) in [6, 6.07) is 19.3. The minimum atomic E-state index is -0.366. The van der Waals surface area contributed by atoms with Gasteiger partial charge in [0.2, 0.25) is 0 Å². The van der Waals surface area contributed by atoms with Crippen molar-refractivity contribution in [1.82, 2.24) is 4.57 Å². The quantitative estimate of drug-likeness (QED) is 0.593. The molecule has 0 saturated heterocycles. The molecule has 1 saturated carbocycles. The third kappa shape index (κ3) is 3.72. The molecule has 0 amide bonds. The number of ketones is 1. The van der Waals surface area contributed by atoms with Gasteiger partial charge >= 0.3 is 0 Å². The first-order chi connectivity index (χ1) is 14.6. The number of carbonyl (C=O) groups excluding carboxylic acids is 1. The summed E-state index contributed by atoms with van der Waals surface area (Å²) >= 11 is 0. The second-order valence-corrected chi connectivity index (χ2v) is 7.08. The van der Waals surface area contributed by atoms with Crippen molar-refractivity contribution in [2.45, 2.75) is 25.5 Å². The first kappa shape index (κ1) is 19.2. The van der Waals surface area contributed by atoms with Gasteiger partial charge in [-0.3, -0.25) is 9.59 Å². The average molecular weight is 395 g/mol. The number of carbonyl (C=O) groups is 1. The van der Waals surface area contributed by atoms with Crippen molar-refractivity contribution in [2.24, 2.45) is 0 Å². The average Bonchev–Trinajstić information content (AvgIpc) is 3.63. The Labute approximate surface area is 173 Å². The molecule has 1 fully saturated rings. The van der Waals surface area contributed by atoms with Gasteiger partial charge in [-0.2, -0.15) is 10.5 Å². The van der Waals surface area contributed by atoms with Crippen LogP contribution in [-0.2, 0) is 6.61 Å². The summed E-state index contributed by atoms with van der Waals surface area (Å²) in [5, 5.41) is 18.6. The van der Waals surface area contributed by atoms with Crippen molar-refractivity contribution in [3.05, 3.63) is 99.0 Å². The predicted octanol–water partition coefficient (Wildman–Crippen LogP) is 3.74. The number of nitrogens with zero attached hydrogens (tertiary/aromatic N) is 3. The highest BCUT2D eigenvalue weighted by atomic mass is 16.5. The van der Waals surface area contributed by atoms with Crippen LogP contribution in [0.25, 0.3) is 0 Å². The first-order valence-electron chi connectivity index (χ1n) is 9.53. The molecule has 1 aliphatic carbocycles. The van der Waals surface area contributed by atoms with Crippen molar-refractivity contribution < 1.29 is 9.53 Å². The fourth-order valence-electron chi connectivity index (χ4n) is 3.28. The number of rotatable bonds is 6.